The lowest BCUT2D eigenvalue weighted by Gasteiger charge is -2.17. The summed E-state index contributed by atoms with van der Waals surface area (Å²) in [5.74, 6) is -0.315. The highest BCUT2D eigenvalue weighted by molar-refractivity contribution is 6.35. The SMILES string of the molecule is CC(Oc1ccccc1NC(=O)c1ccco1)C(=O)Nc1cc(Cl)cc(Cl)c1. The van der Waals surface area contributed by atoms with Crippen molar-refractivity contribution in [1.82, 2.24) is 0 Å². The van der Waals surface area contributed by atoms with Crippen LogP contribution in [0.25, 0.3) is 0 Å². The van der Waals surface area contributed by atoms with Crippen LogP contribution in [0.5, 0.6) is 5.75 Å². The van der Waals surface area contributed by atoms with Gasteiger partial charge in [0.15, 0.2) is 11.9 Å². The first-order valence-electron chi connectivity index (χ1n) is 8.30. The predicted molar refractivity (Wildman–Crippen MR) is 108 cm³/mol. The summed E-state index contributed by atoms with van der Waals surface area (Å²) in [4.78, 5) is 24.6. The van der Waals surface area contributed by atoms with Crippen LogP contribution in [0.3, 0.4) is 0 Å². The Morgan fingerprint density at radius 2 is 1.71 bits per heavy atom. The summed E-state index contributed by atoms with van der Waals surface area (Å²) >= 11 is 11.9. The number of nitrogens with one attached hydrogen (secondary N) is 2. The van der Waals surface area contributed by atoms with E-state index >= 15 is 0 Å². The van der Waals surface area contributed by atoms with Gasteiger partial charge in [-0.2, -0.15) is 0 Å². The molecule has 0 radical (unpaired) electrons. The fraction of sp³-hybridized carbons (Fsp3) is 0.100. The lowest BCUT2D eigenvalue weighted by atomic mass is 10.2. The summed E-state index contributed by atoms with van der Waals surface area (Å²) in [5, 5.41) is 6.20. The molecular formula is C20H16Cl2N2O4. The summed E-state index contributed by atoms with van der Waals surface area (Å²) in [6, 6.07) is 14.7. The number of hydrogen-bond donors (Lipinski definition) is 2. The molecule has 144 valence electrons. The molecular weight excluding hydrogens is 403 g/mol. The Bertz CT molecular complexity index is 969. The lowest BCUT2D eigenvalue weighted by Crippen LogP contribution is -2.30. The van der Waals surface area contributed by atoms with Crippen molar-refractivity contribution in [1.29, 1.82) is 0 Å². The number of carbonyl (C=O) groups is 2. The second-order valence-electron chi connectivity index (χ2n) is 5.84. The lowest BCUT2D eigenvalue weighted by molar-refractivity contribution is -0.122. The van der Waals surface area contributed by atoms with E-state index in [0.717, 1.165) is 0 Å². The smallest absolute Gasteiger partial charge is 0.291 e. The molecule has 0 fully saturated rings. The fourth-order valence-electron chi connectivity index (χ4n) is 2.38. The maximum Gasteiger partial charge on any atom is 0.291 e. The summed E-state index contributed by atoms with van der Waals surface area (Å²) in [7, 11) is 0. The monoisotopic (exact) mass is 418 g/mol. The van der Waals surface area contributed by atoms with Crippen molar-refractivity contribution in [2.75, 3.05) is 10.6 Å². The summed E-state index contributed by atoms with van der Waals surface area (Å²) in [6.07, 6.45) is 0.561. The van der Waals surface area contributed by atoms with E-state index in [0.29, 0.717) is 27.2 Å². The van der Waals surface area contributed by atoms with Crippen molar-refractivity contribution in [3.63, 3.8) is 0 Å². The van der Waals surface area contributed by atoms with Crippen molar-refractivity contribution < 1.29 is 18.7 Å². The molecule has 3 aromatic rings. The molecule has 0 aliphatic heterocycles. The Morgan fingerprint density at radius 1 is 1.00 bits per heavy atom. The van der Waals surface area contributed by atoms with Crippen LogP contribution in [0.4, 0.5) is 11.4 Å². The molecule has 0 aliphatic rings. The van der Waals surface area contributed by atoms with Crippen LogP contribution < -0.4 is 15.4 Å². The molecule has 0 saturated carbocycles. The molecule has 1 atom stereocenters. The van der Waals surface area contributed by atoms with E-state index < -0.39 is 17.9 Å². The van der Waals surface area contributed by atoms with E-state index in [2.05, 4.69) is 10.6 Å². The molecule has 8 heteroatoms. The quantitative estimate of drug-likeness (QED) is 0.572. The predicted octanol–water partition coefficient (Wildman–Crippen LogP) is 5.24. The highest BCUT2D eigenvalue weighted by Gasteiger charge is 2.18. The molecule has 0 saturated heterocycles. The number of carbonyl (C=O) groups excluding carboxylic acids is 2. The molecule has 0 aliphatic carbocycles. The average molecular weight is 419 g/mol. The Labute approximate surface area is 171 Å². The van der Waals surface area contributed by atoms with Crippen molar-refractivity contribution in [3.8, 4) is 5.75 Å². The third kappa shape index (κ3) is 5.06. The van der Waals surface area contributed by atoms with E-state index in [-0.39, 0.29) is 5.76 Å². The molecule has 1 aromatic heterocycles. The zero-order valence-corrected chi connectivity index (χ0v) is 16.3. The maximum atomic E-state index is 12.4. The molecule has 1 heterocycles. The van der Waals surface area contributed by atoms with Crippen LogP contribution in [0.15, 0.2) is 65.3 Å². The highest BCUT2D eigenvalue weighted by Crippen LogP contribution is 2.26. The number of ether oxygens (including phenoxy) is 1. The molecule has 2 amide bonds. The van der Waals surface area contributed by atoms with E-state index in [1.165, 1.54) is 6.26 Å². The second-order valence-corrected chi connectivity index (χ2v) is 6.71. The van der Waals surface area contributed by atoms with Gasteiger partial charge in [-0.15, -0.1) is 0 Å². The van der Waals surface area contributed by atoms with Gasteiger partial charge in [-0.25, -0.2) is 0 Å². The van der Waals surface area contributed by atoms with Gasteiger partial charge in [-0.1, -0.05) is 35.3 Å². The summed E-state index contributed by atoms with van der Waals surface area (Å²) < 4.78 is 10.8. The first-order chi connectivity index (χ1) is 13.4. The molecule has 3 rings (SSSR count). The summed E-state index contributed by atoms with van der Waals surface area (Å²) in [6.45, 7) is 1.59. The van der Waals surface area contributed by atoms with Crippen LogP contribution in [-0.2, 0) is 4.79 Å². The van der Waals surface area contributed by atoms with Crippen LogP contribution in [-0.4, -0.2) is 17.9 Å². The maximum absolute atomic E-state index is 12.4. The van der Waals surface area contributed by atoms with Crippen molar-refractivity contribution in [3.05, 3.63) is 76.7 Å². The first kappa shape index (κ1) is 19.8. The van der Waals surface area contributed by atoms with Gasteiger partial charge in [0.2, 0.25) is 0 Å². The van der Waals surface area contributed by atoms with E-state index in [4.69, 9.17) is 32.4 Å². The highest BCUT2D eigenvalue weighted by atomic mass is 35.5. The van der Waals surface area contributed by atoms with Crippen LogP contribution in [0.1, 0.15) is 17.5 Å². The Balaban J connectivity index is 1.69. The first-order valence-corrected chi connectivity index (χ1v) is 9.05. The normalized spacial score (nSPS) is 11.5. The van der Waals surface area contributed by atoms with Gasteiger partial charge < -0.3 is 19.8 Å². The minimum Gasteiger partial charge on any atom is -0.479 e. The fourth-order valence-corrected chi connectivity index (χ4v) is 2.90. The van der Waals surface area contributed by atoms with E-state index in [1.807, 2.05) is 0 Å². The van der Waals surface area contributed by atoms with Gasteiger partial charge in [0.1, 0.15) is 5.75 Å². The minimum atomic E-state index is -0.848. The van der Waals surface area contributed by atoms with Gasteiger partial charge >= 0.3 is 0 Å². The Hall–Kier alpha value is -2.96. The minimum absolute atomic E-state index is 0.165. The van der Waals surface area contributed by atoms with E-state index in [1.54, 1.807) is 61.5 Å². The largest absolute Gasteiger partial charge is 0.479 e. The van der Waals surface area contributed by atoms with Crippen molar-refractivity contribution in [2.24, 2.45) is 0 Å². The van der Waals surface area contributed by atoms with Gasteiger partial charge in [0.25, 0.3) is 11.8 Å². The molecule has 0 bridgehead atoms. The number of anilines is 2. The number of para-hydroxylation sites is 2. The topological polar surface area (TPSA) is 80.6 Å². The zero-order valence-electron chi connectivity index (χ0n) is 14.7. The Kier molecular flexibility index (Phi) is 6.23. The van der Waals surface area contributed by atoms with Crippen molar-refractivity contribution in [2.45, 2.75) is 13.0 Å². The third-order valence-electron chi connectivity index (χ3n) is 3.68. The standard InChI is InChI=1S/C20H16Cl2N2O4/c1-12(19(25)23-15-10-13(21)9-14(22)11-15)28-17-6-3-2-5-16(17)24-20(26)18-7-4-8-27-18/h2-12H,1H3,(H,23,25)(H,24,26). The van der Waals surface area contributed by atoms with Gasteiger partial charge in [-0.3, -0.25) is 9.59 Å². The number of furan rings is 1. The number of benzene rings is 2. The second kappa shape index (κ2) is 8.82. The average Bonchev–Trinajstić information content (AvgIpc) is 3.17. The molecule has 2 N–H and O–H groups in total. The van der Waals surface area contributed by atoms with Gasteiger partial charge in [0.05, 0.1) is 12.0 Å². The number of hydrogen-bond acceptors (Lipinski definition) is 4. The van der Waals surface area contributed by atoms with Crippen molar-refractivity contribution >= 4 is 46.4 Å². The van der Waals surface area contributed by atoms with Crippen LogP contribution >= 0.6 is 23.2 Å². The van der Waals surface area contributed by atoms with Crippen LogP contribution in [0.2, 0.25) is 10.0 Å². The molecule has 6 nitrogen and oxygen atoms in total. The third-order valence-corrected chi connectivity index (χ3v) is 4.12. The van der Waals surface area contributed by atoms with Crippen LogP contribution in [0, 0.1) is 0 Å². The zero-order chi connectivity index (χ0) is 20.1. The number of halogens is 2. The molecule has 2 aromatic carbocycles. The number of rotatable bonds is 6. The molecule has 28 heavy (non-hydrogen) atoms. The van der Waals surface area contributed by atoms with Gasteiger partial charge in [-0.05, 0) is 49.4 Å². The van der Waals surface area contributed by atoms with E-state index in [9.17, 15) is 9.59 Å². The number of amides is 2. The van der Waals surface area contributed by atoms with Gasteiger partial charge in [0, 0.05) is 15.7 Å². The summed E-state index contributed by atoms with van der Waals surface area (Å²) in [5.41, 5.74) is 0.867. The molecule has 0 spiro atoms. The molecule has 1 unspecified atom stereocenters. The Morgan fingerprint density at radius 3 is 2.39 bits per heavy atom.